The van der Waals surface area contributed by atoms with Gasteiger partial charge in [0.2, 0.25) is 0 Å². The van der Waals surface area contributed by atoms with Gasteiger partial charge >= 0.3 is 12.1 Å². The van der Waals surface area contributed by atoms with E-state index in [0.717, 1.165) is 21.1 Å². The Morgan fingerprint density at radius 2 is 1.93 bits per heavy atom. The van der Waals surface area contributed by atoms with E-state index in [2.05, 4.69) is 4.98 Å². The molecule has 0 saturated carbocycles. The van der Waals surface area contributed by atoms with Gasteiger partial charge in [-0.1, -0.05) is 35.9 Å². The van der Waals surface area contributed by atoms with Gasteiger partial charge in [0.05, 0.1) is 5.69 Å². The average Bonchev–Trinajstić information content (AvgIpc) is 3.15. The fourth-order valence-electron chi connectivity index (χ4n) is 2.58. The third-order valence-corrected chi connectivity index (χ3v) is 4.37. The van der Waals surface area contributed by atoms with Gasteiger partial charge in [-0.05, 0) is 30.7 Å². The maximum Gasteiger partial charge on any atom is 0.394 e. The molecule has 0 aliphatic heterocycles. The number of urea groups is 1. The maximum absolute atomic E-state index is 12.1. The van der Waals surface area contributed by atoms with Crippen molar-refractivity contribution < 1.29 is 13.9 Å². The zero-order valence-electron chi connectivity index (χ0n) is 15.4. The first-order valence-corrected chi connectivity index (χ1v) is 8.74. The zero-order valence-corrected chi connectivity index (χ0v) is 16.2. The van der Waals surface area contributed by atoms with Crippen molar-refractivity contribution in [3.05, 3.63) is 64.9 Å². The molecule has 0 saturated heterocycles. The zero-order chi connectivity index (χ0) is 20.3. The van der Waals surface area contributed by atoms with E-state index in [4.69, 9.17) is 32.4 Å². The van der Waals surface area contributed by atoms with Gasteiger partial charge in [0, 0.05) is 23.2 Å². The van der Waals surface area contributed by atoms with E-state index in [1.54, 1.807) is 24.3 Å². The van der Waals surface area contributed by atoms with Crippen molar-refractivity contribution in [3.63, 3.8) is 0 Å². The molecule has 2 amide bonds. The monoisotopic (exact) mass is 401 g/mol. The van der Waals surface area contributed by atoms with Gasteiger partial charge < -0.3 is 9.15 Å². The SMILES string of the molecule is Cc1cccc(N(N)C(=O)N(C)N)c1COc1nc(-c2ccc(Cl)cc2)co1. The third-order valence-electron chi connectivity index (χ3n) is 4.12. The van der Waals surface area contributed by atoms with Crippen LogP contribution in [-0.4, -0.2) is 23.1 Å². The molecule has 1 heterocycles. The number of hydrazine groups is 2. The molecule has 8 nitrogen and oxygen atoms in total. The van der Waals surface area contributed by atoms with E-state index in [0.29, 0.717) is 22.0 Å². The molecule has 3 aromatic rings. The lowest BCUT2D eigenvalue weighted by Gasteiger charge is -2.23. The number of aromatic nitrogens is 1. The topological polar surface area (TPSA) is 111 Å². The summed E-state index contributed by atoms with van der Waals surface area (Å²) in [5, 5.41) is 2.51. The van der Waals surface area contributed by atoms with E-state index < -0.39 is 6.03 Å². The summed E-state index contributed by atoms with van der Waals surface area (Å²) in [5.41, 5.74) is 3.56. The number of anilines is 1. The number of aryl methyl sites for hydroxylation is 1. The number of nitrogens with two attached hydrogens (primary N) is 2. The molecule has 0 unspecified atom stereocenters. The van der Waals surface area contributed by atoms with Gasteiger partial charge in [0.25, 0.3) is 0 Å². The molecule has 0 aliphatic rings. The summed E-state index contributed by atoms with van der Waals surface area (Å²) in [4.78, 5) is 16.4. The van der Waals surface area contributed by atoms with Crippen LogP contribution < -0.4 is 21.4 Å². The van der Waals surface area contributed by atoms with Crippen LogP contribution in [0.25, 0.3) is 11.3 Å². The van der Waals surface area contributed by atoms with Gasteiger partial charge in [-0.2, -0.15) is 4.98 Å². The summed E-state index contributed by atoms with van der Waals surface area (Å²) in [7, 11) is 1.42. The summed E-state index contributed by atoms with van der Waals surface area (Å²) in [6.45, 7) is 2.00. The van der Waals surface area contributed by atoms with Crippen molar-refractivity contribution >= 4 is 23.3 Å². The molecule has 28 heavy (non-hydrogen) atoms. The molecular weight excluding hydrogens is 382 g/mol. The Labute approximate surface area is 167 Å². The Bertz CT molecular complexity index is 972. The molecule has 9 heteroatoms. The number of rotatable bonds is 5. The van der Waals surface area contributed by atoms with Crippen LogP contribution in [0.4, 0.5) is 10.5 Å². The molecule has 3 rings (SSSR count). The summed E-state index contributed by atoms with van der Waals surface area (Å²) in [6.07, 6.45) is 1.60. The number of carbonyl (C=O) groups is 1. The molecular formula is C19H20ClN5O3. The molecule has 1 aromatic heterocycles. The quantitative estimate of drug-likeness (QED) is 0.384. The molecule has 0 atom stereocenters. The highest BCUT2D eigenvalue weighted by Crippen LogP contribution is 2.27. The highest BCUT2D eigenvalue weighted by Gasteiger charge is 2.19. The van der Waals surface area contributed by atoms with E-state index in [-0.39, 0.29) is 12.7 Å². The second kappa shape index (κ2) is 8.30. The van der Waals surface area contributed by atoms with Crippen LogP contribution >= 0.6 is 11.6 Å². The number of oxazole rings is 1. The van der Waals surface area contributed by atoms with Crippen LogP contribution in [0.3, 0.4) is 0 Å². The van der Waals surface area contributed by atoms with Crippen LogP contribution in [0.5, 0.6) is 6.08 Å². The summed E-state index contributed by atoms with van der Waals surface area (Å²) in [6, 6.07) is 12.0. The van der Waals surface area contributed by atoms with E-state index >= 15 is 0 Å². The van der Waals surface area contributed by atoms with Gasteiger partial charge in [0.1, 0.15) is 18.6 Å². The van der Waals surface area contributed by atoms with E-state index in [1.807, 2.05) is 25.1 Å². The van der Waals surface area contributed by atoms with Crippen molar-refractivity contribution in [2.24, 2.45) is 11.7 Å². The summed E-state index contributed by atoms with van der Waals surface area (Å²) >= 11 is 5.90. The normalized spacial score (nSPS) is 10.6. The maximum atomic E-state index is 12.1. The lowest BCUT2D eigenvalue weighted by Crippen LogP contribution is -2.49. The van der Waals surface area contributed by atoms with E-state index in [1.165, 1.54) is 13.3 Å². The van der Waals surface area contributed by atoms with Crippen molar-refractivity contribution in [3.8, 4) is 17.3 Å². The molecule has 0 bridgehead atoms. The Kier molecular flexibility index (Phi) is 5.84. The van der Waals surface area contributed by atoms with E-state index in [9.17, 15) is 4.79 Å². The van der Waals surface area contributed by atoms with Crippen molar-refractivity contribution in [2.45, 2.75) is 13.5 Å². The fraction of sp³-hybridized carbons (Fsp3) is 0.158. The lowest BCUT2D eigenvalue weighted by atomic mass is 10.1. The number of amides is 2. The Morgan fingerprint density at radius 1 is 1.21 bits per heavy atom. The van der Waals surface area contributed by atoms with Gasteiger partial charge in [0.15, 0.2) is 0 Å². The second-order valence-electron chi connectivity index (χ2n) is 6.13. The Balaban J connectivity index is 1.78. The van der Waals surface area contributed by atoms with Crippen LogP contribution in [-0.2, 0) is 6.61 Å². The minimum atomic E-state index is -0.562. The lowest BCUT2D eigenvalue weighted by molar-refractivity contribution is 0.214. The number of nitrogens with zero attached hydrogens (tertiary/aromatic N) is 3. The minimum Gasteiger partial charge on any atom is -0.445 e. The first-order chi connectivity index (χ1) is 13.4. The molecule has 0 spiro atoms. The molecule has 146 valence electrons. The highest BCUT2D eigenvalue weighted by molar-refractivity contribution is 6.30. The first-order valence-electron chi connectivity index (χ1n) is 8.36. The standard InChI is InChI=1S/C19H20ClN5O3/c1-12-4-3-5-17(25(22)19(26)24(2)21)15(12)10-27-18-23-16(11-28-18)13-6-8-14(20)9-7-13/h3-9,11H,10,21-22H2,1-2H3. The number of carbonyl (C=O) groups excluding carboxylic acids is 1. The van der Waals surface area contributed by atoms with Crippen molar-refractivity contribution in [1.82, 2.24) is 9.99 Å². The van der Waals surface area contributed by atoms with Crippen LogP contribution in [0.15, 0.2) is 53.1 Å². The predicted octanol–water partition coefficient (Wildman–Crippen LogP) is 3.49. The smallest absolute Gasteiger partial charge is 0.394 e. The number of hydrogen-bond donors (Lipinski definition) is 2. The van der Waals surface area contributed by atoms with Crippen LogP contribution in [0.2, 0.25) is 5.02 Å². The third kappa shape index (κ3) is 4.25. The van der Waals surface area contributed by atoms with Gasteiger partial charge in [-0.3, -0.25) is 5.01 Å². The number of halogens is 1. The Morgan fingerprint density at radius 3 is 2.61 bits per heavy atom. The average molecular weight is 402 g/mol. The minimum absolute atomic E-state index is 0.102. The summed E-state index contributed by atoms with van der Waals surface area (Å²) < 4.78 is 11.1. The Hall–Kier alpha value is -3.07. The van der Waals surface area contributed by atoms with Crippen LogP contribution in [0, 0.1) is 6.92 Å². The van der Waals surface area contributed by atoms with Crippen LogP contribution in [0.1, 0.15) is 11.1 Å². The molecule has 2 aromatic carbocycles. The fourth-order valence-corrected chi connectivity index (χ4v) is 2.71. The van der Waals surface area contributed by atoms with Gasteiger partial charge in [-0.25, -0.2) is 21.5 Å². The highest BCUT2D eigenvalue weighted by atomic mass is 35.5. The molecule has 0 fully saturated rings. The number of hydrogen-bond acceptors (Lipinski definition) is 6. The predicted molar refractivity (Wildman–Crippen MR) is 106 cm³/mol. The molecule has 0 radical (unpaired) electrons. The number of ether oxygens (including phenoxy) is 1. The number of benzene rings is 2. The summed E-state index contributed by atoms with van der Waals surface area (Å²) in [5.74, 6) is 11.4. The van der Waals surface area contributed by atoms with Crippen molar-refractivity contribution in [2.75, 3.05) is 12.1 Å². The molecule has 0 aliphatic carbocycles. The van der Waals surface area contributed by atoms with Gasteiger partial charge in [-0.15, -0.1) is 0 Å². The first kappa shape index (κ1) is 19.7. The van der Waals surface area contributed by atoms with Crippen molar-refractivity contribution in [1.29, 1.82) is 0 Å². The molecule has 4 N–H and O–H groups in total. The second-order valence-corrected chi connectivity index (χ2v) is 6.57. The largest absolute Gasteiger partial charge is 0.445 e.